The zero-order chi connectivity index (χ0) is 20.0. The van der Waals surface area contributed by atoms with Gasteiger partial charge < -0.3 is 14.6 Å². The third kappa shape index (κ3) is 3.11. The van der Waals surface area contributed by atoms with Crippen molar-refractivity contribution < 1.29 is 9.53 Å². The van der Waals surface area contributed by atoms with Crippen LogP contribution in [0.4, 0.5) is 0 Å². The highest BCUT2D eigenvalue weighted by Crippen LogP contribution is 2.32. The SMILES string of the molecule is COc1ccc(-n2ccc(C(=O)N3CCc4[nH]c5c(Br)cccc5c4C3)n2)cc1. The fraction of sp³-hybridized carbons (Fsp3) is 0.182. The molecular formula is C22H19BrN4O2. The number of H-pyrrole nitrogens is 1. The van der Waals surface area contributed by atoms with Crippen LogP contribution in [0.1, 0.15) is 21.7 Å². The van der Waals surface area contributed by atoms with Crippen molar-refractivity contribution in [3.63, 3.8) is 0 Å². The summed E-state index contributed by atoms with van der Waals surface area (Å²) >= 11 is 3.61. The molecule has 0 fully saturated rings. The Morgan fingerprint density at radius 3 is 2.79 bits per heavy atom. The van der Waals surface area contributed by atoms with Crippen molar-refractivity contribution in [2.24, 2.45) is 0 Å². The van der Waals surface area contributed by atoms with Crippen LogP contribution in [0.2, 0.25) is 0 Å². The Morgan fingerprint density at radius 2 is 2.00 bits per heavy atom. The van der Waals surface area contributed by atoms with Crippen LogP contribution in [0.3, 0.4) is 0 Å². The molecule has 0 atom stereocenters. The zero-order valence-corrected chi connectivity index (χ0v) is 17.4. The lowest BCUT2D eigenvalue weighted by Crippen LogP contribution is -2.36. The number of para-hydroxylation sites is 1. The number of carbonyl (C=O) groups excluding carboxylic acids is 1. The maximum absolute atomic E-state index is 13.1. The third-order valence-electron chi connectivity index (χ3n) is 5.39. The molecule has 0 unspecified atom stereocenters. The molecule has 1 aliphatic rings. The summed E-state index contributed by atoms with van der Waals surface area (Å²) in [4.78, 5) is 18.5. The number of ether oxygens (including phenoxy) is 1. The maximum atomic E-state index is 13.1. The highest BCUT2D eigenvalue weighted by molar-refractivity contribution is 9.10. The van der Waals surface area contributed by atoms with Crippen molar-refractivity contribution in [2.75, 3.05) is 13.7 Å². The van der Waals surface area contributed by atoms with Crippen LogP contribution in [-0.2, 0) is 13.0 Å². The van der Waals surface area contributed by atoms with Gasteiger partial charge in [-0.3, -0.25) is 4.79 Å². The van der Waals surface area contributed by atoms with E-state index in [2.05, 4.69) is 32.1 Å². The van der Waals surface area contributed by atoms with Gasteiger partial charge in [0.2, 0.25) is 0 Å². The number of halogens is 1. The first kappa shape index (κ1) is 18.0. The van der Waals surface area contributed by atoms with E-state index in [0.29, 0.717) is 18.8 Å². The largest absolute Gasteiger partial charge is 0.497 e. The number of rotatable bonds is 3. The second kappa shape index (κ2) is 7.08. The summed E-state index contributed by atoms with van der Waals surface area (Å²) in [7, 11) is 1.64. The van der Waals surface area contributed by atoms with Crippen molar-refractivity contribution >= 4 is 32.7 Å². The van der Waals surface area contributed by atoms with Crippen molar-refractivity contribution in [1.82, 2.24) is 19.7 Å². The Labute approximate surface area is 176 Å². The smallest absolute Gasteiger partial charge is 0.274 e. The van der Waals surface area contributed by atoms with Gasteiger partial charge in [0, 0.05) is 46.8 Å². The summed E-state index contributed by atoms with van der Waals surface area (Å²) in [5.74, 6) is 0.735. The summed E-state index contributed by atoms with van der Waals surface area (Å²) < 4.78 is 7.95. The predicted octanol–water partition coefficient (Wildman–Crippen LogP) is 4.32. The summed E-state index contributed by atoms with van der Waals surface area (Å²) in [6, 6.07) is 15.5. The van der Waals surface area contributed by atoms with Crippen LogP contribution in [0, 0.1) is 0 Å². The molecule has 7 heteroatoms. The fourth-order valence-corrected chi connectivity index (χ4v) is 4.32. The highest BCUT2D eigenvalue weighted by Gasteiger charge is 2.26. The minimum atomic E-state index is -0.0488. The Morgan fingerprint density at radius 1 is 1.17 bits per heavy atom. The van der Waals surface area contributed by atoms with E-state index >= 15 is 0 Å². The van der Waals surface area contributed by atoms with E-state index in [1.807, 2.05) is 47.5 Å². The molecule has 1 amide bonds. The van der Waals surface area contributed by atoms with Crippen LogP contribution in [0.5, 0.6) is 5.75 Å². The molecular weight excluding hydrogens is 432 g/mol. The second-order valence-corrected chi connectivity index (χ2v) is 7.92. The zero-order valence-electron chi connectivity index (χ0n) is 15.9. The summed E-state index contributed by atoms with van der Waals surface area (Å²) in [5, 5.41) is 5.66. The normalized spacial score (nSPS) is 13.5. The van der Waals surface area contributed by atoms with E-state index in [9.17, 15) is 4.79 Å². The van der Waals surface area contributed by atoms with E-state index in [-0.39, 0.29) is 5.91 Å². The number of benzene rings is 2. The van der Waals surface area contributed by atoms with Crippen LogP contribution in [-0.4, -0.2) is 39.2 Å². The third-order valence-corrected chi connectivity index (χ3v) is 6.05. The van der Waals surface area contributed by atoms with Gasteiger partial charge in [0.15, 0.2) is 5.69 Å². The van der Waals surface area contributed by atoms with Gasteiger partial charge >= 0.3 is 0 Å². The van der Waals surface area contributed by atoms with Gasteiger partial charge in [0.05, 0.1) is 18.3 Å². The molecule has 0 aliphatic carbocycles. The molecule has 0 radical (unpaired) electrons. The number of aromatic amines is 1. The highest BCUT2D eigenvalue weighted by atomic mass is 79.9. The summed E-state index contributed by atoms with van der Waals surface area (Å²) in [6.07, 6.45) is 2.62. The Bertz CT molecular complexity index is 1210. The molecule has 0 spiro atoms. The number of nitrogens with zero attached hydrogens (tertiary/aromatic N) is 3. The molecule has 29 heavy (non-hydrogen) atoms. The van der Waals surface area contributed by atoms with Crippen molar-refractivity contribution in [2.45, 2.75) is 13.0 Å². The van der Waals surface area contributed by atoms with Crippen LogP contribution < -0.4 is 4.74 Å². The van der Waals surface area contributed by atoms with Gasteiger partial charge in [0.1, 0.15) is 5.75 Å². The first-order valence-corrected chi connectivity index (χ1v) is 10.2. The average Bonchev–Trinajstić information content (AvgIpc) is 3.39. The molecule has 2 aromatic heterocycles. The summed E-state index contributed by atoms with van der Waals surface area (Å²) in [6.45, 7) is 1.26. The minimum absolute atomic E-state index is 0.0488. The lowest BCUT2D eigenvalue weighted by Gasteiger charge is -2.26. The molecule has 0 saturated heterocycles. The van der Waals surface area contributed by atoms with E-state index in [1.54, 1.807) is 17.9 Å². The van der Waals surface area contributed by atoms with E-state index in [0.717, 1.165) is 33.2 Å². The van der Waals surface area contributed by atoms with Crippen molar-refractivity contribution in [3.8, 4) is 11.4 Å². The number of aromatic nitrogens is 3. The predicted molar refractivity (Wildman–Crippen MR) is 115 cm³/mol. The van der Waals surface area contributed by atoms with Gasteiger partial charge in [0.25, 0.3) is 5.91 Å². The molecule has 3 heterocycles. The van der Waals surface area contributed by atoms with Gasteiger partial charge in [-0.25, -0.2) is 4.68 Å². The van der Waals surface area contributed by atoms with Crippen LogP contribution in [0.25, 0.3) is 16.6 Å². The van der Waals surface area contributed by atoms with Crippen LogP contribution >= 0.6 is 15.9 Å². The van der Waals surface area contributed by atoms with Crippen molar-refractivity contribution in [1.29, 1.82) is 0 Å². The summed E-state index contributed by atoms with van der Waals surface area (Å²) in [5.41, 5.74) is 4.82. The Balaban J connectivity index is 1.40. The number of hydrogen-bond acceptors (Lipinski definition) is 3. The van der Waals surface area contributed by atoms with Crippen LogP contribution in [0.15, 0.2) is 59.2 Å². The second-order valence-electron chi connectivity index (χ2n) is 7.06. The number of nitrogens with one attached hydrogen (secondary N) is 1. The lowest BCUT2D eigenvalue weighted by molar-refractivity contribution is 0.0728. The maximum Gasteiger partial charge on any atom is 0.274 e. The fourth-order valence-electron chi connectivity index (χ4n) is 3.85. The number of fused-ring (bicyclic) bond motifs is 3. The first-order valence-electron chi connectivity index (χ1n) is 9.41. The molecule has 5 rings (SSSR count). The topological polar surface area (TPSA) is 63.1 Å². The Kier molecular flexibility index (Phi) is 4.39. The Hall–Kier alpha value is -3.06. The van der Waals surface area contributed by atoms with E-state index in [1.165, 1.54) is 11.3 Å². The minimum Gasteiger partial charge on any atom is -0.497 e. The lowest BCUT2D eigenvalue weighted by atomic mass is 10.0. The van der Waals surface area contributed by atoms with Crippen molar-refractivity contribution in [3.05, 3.63) is 76.2 Å². The number of methoxy groups -OCH3 is 1. The van der Waals surface area contributed by atoms with Gasteiger partial charge in [-0.2, -0.15) is 5.10 Å². The first-order chi connectivity index (χ1) is 14.1. The molecule has 1 aliphatic heterocycles. The molecule has 1 N–H and O–H groups in total. The van der Waals surface area contributed by atoms with Gasteiger partial charge in [-0.1, -0.05) is 12.1 Å². The standard InChI is InChI=1S/C22H19BrN4O2/c1-29-15-7-5-14(6-8-15)27-12-10-20(25-27)22(28)26-11-9-19-17(13-26)16-3-2-4-18(23)21(16)24-19/h2-8,10,12,24H,9,11,13H2,1H3. The monoisotopic (exact) mass is 450 g/mol. The molecule has 6 nitrogen and oxygen atoms in total. The molecule has 0 saturated carbocycles. The molecule has 146 valence electrons. The van der Waals surface area contributed by atoms with Gasteiger partial charge in [-0.15, -0.1) is 0 Å². The number of hydrogen-bond donors (Lipinski definition) is 1. The quantitative estimate of drug-likeness (QED) is 0.505. The van der Waals surface area contributed by atoms with Gasteiger partial charge in [-0.05, 0) is 52.3 Å². The molecule has 2 aromatic carbocycles. The molecule has 4 aromatic rings. The van der Waals surface area contributed by atoms with E-state index < -0.39 is 0 Å². The number of amides is 1. The molecule has 0 bridgehead atoms. The number of carbonyl (C=O) groups is 1. The average molecular weight is 451 g/mol. The van der Waals surface area contributed by atoms with E-state index in [4.69, 9.17) is 4.74 Å².